The molecule has 0 heterocycles. The number of carbonyl (C=O) groups excluding carboxylic acids is 1. The van der Waals surface area contributed by atoms with Crippen LogP contribution in [-0.4, -0.2) is 44.9 Å². The Morgan fingerprint density at radius 1 is 1.32 bits per heavy atom. The van der Waals surface area contributed by atoms with Gasteiger partial charge in [-0.3, -0.25) is 4.79 Å². The summed E-state index contributed by atoms with van der Waals surface area (Å²) in [6.45, 7) is 7.06. The number of carbonyl (C=O) groups is 1. The minimum absolute atomic E-state index is 0.136. The molecule has 1 rings (SSSR count). The maximum atomic E-state index is 12.5. The number of rotatable bonds is 5. The first-order chi connectivity index (χ1) is 9.97. The number of amides is 1. The summed E-state index contributed by atoms with van der Waals surface area (Å²) in [6.07, 6.45) is 0. The lowest BCUT2D eigenvalue weighted by atomic mass is 10.1. The van der Waals surface area contributed by atoms with Crippen LogP contribution in [0.1, 0.15) is 26.3 Å². The molecule has 1 amide bonds. The molecule has 0 unspecified atom stereocenters. The van der Waals surface area contributed by atoms with Gasteiger partial charge in [-0.1, -0.05) is 0 Å². The van der Waals surface area contributed by atoms with Crippen molar-refractivity contribution in [3.8, 4) is 5.75 Å². The molecule has 0 radical (unpaired) electrons. The van der Waals surface area contributed by atoms with Crippen LogP contribution in [-0.2, 0) is 14.8 Å². The molecule has 0 aliphatic carbocycles. The molecule has 0 saturated heterocycles. The second-order valence-electron chi connectivity index (χ2n) is 6.19. The van der Waals surface area contributed by atoms with Gasteiger partial charge in [0.25, 0.3) is 0 Å². The lowest BCUT2D eigenvalue weighted by Crippen LogP contribution is -2.46. The highest BCUT2D eigenvalue weighted by Gasteiger charge is 2.25. The molecule has 124 valence electrons. The van der Waals surface area contributed by atoms with Crippen LogP contribution in [0.3, 0.4) is 0 Å². The molecular weight excluding hydrogens is 304 g/mol. The van der Waals surface area contributed by atoms with Crippen molar-refractivity contribution in [2.24, 2.45) is 0 Å². The van der Waals surface area contributed by atoms with Gasteiger partial charge in [-0.15, -0.1) is 0 Å². The third-order valence-electron chi connectivity index (χ3n) is 2.96. The molecule has 1 aromatic rings. The predicted octanol–water partition coefficient (Wildman–Crippen LogP) is 1.54. The van der Waals surface area contributed by atoms with Crippen LogP contribution in [0, 0.1) is 6.92 Å². The van der Waals surface area contributed by atoms with Crippen molar-refractivity contribution >= 4 is 15.9 Å². The smallest absolute Gasteiger partial charge is 0.243 e. The third-order valence-corrected chi connectivity index (χ3v) is 4.75. The fraction of sp³-hybridized carbons (Fsp3) is 0.533. The van der Waals surface area contributed by atoms with Gasteiger partial charge in [-0.05, 0) is 51.5 Å². The van der Waals surface area contributed by atoms with E-state index >= 15 is 0 Å². The zero-order valence-electron chi connectivity index (χ0n) is 13.9. The molecular formula is C15H24N2O4S. The van der Waals surface area contributed by atoms with Gasteiger partial charge in [-0.25, -0.2) is 8.42 Å². The SMILES string of the molecule is COc1ccc(S(=O)(=O)N(C)CC(=O)NC(C)(C)C)cc1C. The molecule has 1 N–H and O–H groups in total. The summed E-state index contributed by atoms with van der Waals surface area (Å²) >= 11 is 0. The first-order valence-electron chi connectivity index (χ1n) is 6.89. The molecule has 22 heavy (non-hydrogen) atoms. The summed E-state index contributed by atoms with van der Waals surface area (Å²) < 4.78 is 31.1. The molecule has 0 fully saturated rings. The number of nitrogens with one attached hydrogen (secondary N) is 1. The number of methoxy groups -OCH3 is 1. The van der Waals surface area contributed by atoms with Crippen LogP contribution >= 0.6 is 0 Å². The number of sulfonamides is 1. The first-order valence-corrected chi connectivity index (χ1v) is 8.33. The molecule has 0 aromatic heterocycles. The average Bonchev–Trinajstić information content (AvgIpc) is 2.35. The summed E-state index contributed by atoms with van der Waals surface area (Å²) in [5.74, 6) is 0.274. The molecule has 6 nitrogen and oxygen atoms in total. The molecule has 0 aliphatic rings. The van der Waals surface area contributed by atoms with Crippen LogP contribution in [0.4, 0.5) is 0 Å². The van der Waals surface area contributed by atoms with Crippen LogP contribution in [0.5, 0.6) is 5.75 Å². The highest BCUT2D eigenvalue weighted by atomic mass is 32.2. The summed E-state index contributed by atoms with van der Waals surface area (Å²) in [7, 11) is -0.807. The lowest BCUT2D eigenvalue weighted by molar-refractivity contribution is -0.122. The average molecular weight is 328 g/mol. The van der Waals surface area contributed by atoms with Crippen molar-refractivity contribution in [3.63, 3.8) is 0 Å². The van der Waals surface area contributed by atoms with Gasteiger partial charge >= 0.3 is 0 Å². The number of ether oxygens (including phenoxy) is 1. The highest BCUT2D eigenvalue weighted by Crippen LogP contribution is 2.23. The van der Waals surface area contributed by atoms with Crippen molar-refractivity contribution in [3.05, 3.63) is 23.8 Å². The van der Waals surface area contributed by atoms with E-state index in [1.807, 2.05) is 20.8 Å². The maximum absolute atomic E-state index is 12.5. The Labute approximate surface area is 132 Å². The van der Waals surface area contributed by atoms with Crippen molar-refractivity contribution < 1.29 is 17.9 Å². The van der Waals surface area contributed by atoms with Gasteiger partial charge in [0.05, 0.1) is 18.6 Å². The zero-order valence-corrected chi connectivity index (χ0v) is 14.7. The molecule has 7 heteroatoms. The van der Waals surface area contributed by atoms with Crippen molar-refractivity contribution in [1.82, 2.24) is 9.62 Å². The number of likely N-dealkylation sites (N-methyl/N-ethyl adjacent to an activating group) is 1. The molecule has 0 saturated carbocycles. The largest absolute Gasteiger partial charge is 0.496 e. The van der Waals surface area contributed by atoms with E-state index in [0.717, 1.165) is 9.87 Å². The number of hydrogen-bond donors (Lipinski definition) is 1. The van der Waals surface area contributed by atoms with Gasteiger partial charge in [0.2, 0.25) is 15.9 Å². The van der Waals surface area contributed by atoms with E-state index in [9.17, 15) is 13.2 Å². The Morgan fingerprint density at radius 3 is 2.36 bits per heavy atom. The minimum atomic E-state index is -3.72. The fourth-order valence-electron chi connectivity index (χ4n) is 1.94. The minimum Gasteiger partial charge on any atom is -0.496 e. The first kappa shape index (κ1) is 18.4. The van der Waals surface area contributed by atoms with E-state index in [1.54, 1.807) is 13.0 Å². The second kappa shape index (κ2) is 6.66. The van der Waals surface area contributed by atoms with E-state index in [4.69, 9.17) is 4.74 Å². The van der Waals surface area contributed by atoms with Gasteiger partial charge < -0.3 is 10.1 Å². The van der Waals surface area contributed by atoms with E-state index in [2.05, 4.69) is 5.32 Å². The Morgan fingerprint density at radius 2 is 1.91 bits per heavy atom. The summed E-state index contributed by atoms with van der Waals surface area (Å²) in [6, 6.07) is 4.61. The Balaban J connectivity index is 2.94. The number of aryl methyl sites for hydroxylation is 1. The second-order valence-corrected chi connectivity index (χ2v) is 8.24. The topological polar surface area (TPSA) is 75.7 Å². The highest BCUT2D eigenvalue weighted by molar-refractivity contribution is 7.89. The number of hydrogen-bond acceptors (Lipinski definition) is 4. The molecule has 0 atom stereocenters. The number of benzene rings is 1. The van der Waals surface area contributed by atoms with E-state index in [-0.39, 0.29) is 17.3 Å². The van der Waals surface area contributed by atoms with Gasteiger partial charge in [0, 0.05) is 12.6 Å². The Bertz CT molecular complexity index is 648. The maximum Gasteiger partial charge on any atom is 0.243 e. The molecule has 0 spiro atoms. The standard InChI is InChI=1S/C15H24N2O4S/c1-11-9-12(7-8-13(11)21-6)22(19,20)17(5)10-14(18)16-15(2,3)4/h7-9H,10H2,1-6H3,(H,16,18). The molecule has 0 bridgehead atoms. The van der Waals surface area contributed by atoms with Crippen LogP contribution in [0.15, 0.2) is 23.1 Å². The normalized spacial score (nSPS) is 12.3. The quantitative estimate of drug-likeness (QED) is 0.889. The summed E-state index contributed by atoms with van der Waals surface area (Å²) in [5, 5.41) is 2.74. The monoisotopic (exact) mass is 328 g/mol. The van der Waals surface area contributed by atoms with Gasteiger partial charge in [0.1, 0.15) is 5.75 Å². The lowest BCUT2D eigenvalue weighted by Gasteiger charge is -2.23. The molecule has 1 aromatic carbocycles. The van der Waals surface area contributed by atoms with Crippen molar-refractivity contribution in [2.45, 2.75) is 38.1 Å². The third kappa shape index (κ3) is 4.71. The van der Waals surface area contributed by atoms with Gasteiger partial charge in [0.15, 0.2) is 0 Å². The summed E-state index contributed by atoms with van der Waals surface area (Å²) in [5.41, 5.74) is 0.314. The van der Waals surface area contributed by atoms with Crippen LogP contribution in [0.25, 0.3) is 0 Å². The van der Waals surface area contributed by atoms with Crippen molar-refractivity contribution in [1.29, 1.82) is 0 Å². The zero-order chi connectivity index (χ0) is 17.1. The van der Waals surface area contributed by atoms with Crippen LogP contribution in [0.2, 0.25) is 0 Å². The van der Waals surface area contributed by atoms with Crippen LogP contribution < -0.4 is 10.1 Å². The van der Waals surface area contributed by atoms with E-state index in [1.165, 1.54) is 26.3 Å². The molecule has 0 aliphatic heterocycles. The Hall–Kier alpha value is -1.60. The Kier molecular flexibility index (Phi) is 5.59. The van der Waals surface area contributed by atoms with E-state index in [0.29, 0.717) is 5.75 Å². The van der Waals surface area contributed by atoms with E-state index < -0.39 is 15.6 Å². The predicted molar refractivity (Wildman–Crippen MR) is 85.4 cm³/mol. The summed E-state index contributed by atoms with van der Waals surface area (Å²) in [4.78, 5) is 12.0. The van der Waals surface area contributed by atoms with Gasteiger partial charge in [-0.2, -0.15) is 4.31 Å². The van der Waals surface area contributed by atoms with Crippen molar-refractivity contribution in [2.75, 3.05) is 20.7 Å². The number of nitrogens with zero attached hydrogens (tertiary/aromatic N) is 1. The fourth-order valence-corrected chi connectivity index (χ4v) is 3.15.